The maximum Gasteiger partial charge on any atom is 0.315 e. The minimum atomic E-state index is -1.20. The summed E-state index contributed by atoms with van der Waals surface area (Å²) in [6.07, 6.45) is 5.25. The maximum absolute atomic E-state index is 15.3. The lowest BCUT2D eigenvalue weighted by atomic mass is 9.85. The highest BCUT2D eigenvalue weighted by Crippen LogP contribution is 2.36. The van der Waals surface area contributed by atoms with Crippen molar-refractivity contribution in [3.63, 3.8) is 0 Å². The van der Waals surface area contributed by atoms with Crippen molar-refractivity contribution in [3.8, 4) is 0 Å². The van der Waals surface area contributed by atoms with Crippen molar-refractivity contribution < 1.29 is 47.9 Å². The summed E-state index contributed by atoms with van der Waals surface area (Å²) in [5.41, 5.74) is 5.97. The van der Waals surface area contributed by atoms with Gasteiger partial charge in [0.25, 0.3) is 11.8 Å². The first kappa shape index (κ1) is 64.4. The Labute approximate surface area is 508 Å². The zero-order chi connectivity index (χ0) is 62.2. The van der Waals surface area contributed by atoms with E-state index in [-0.39, 0.29) is 72.6 Å². The van der Waals surface area contributed by atoms with Crippen LogP contribution < -0.4 is 42.5 Å². The molecule has 8 amide bonds. The number of anilines is 1. The van der Waals surface area contributed by atoms with Gasteiger partial charge in [0.2, 0.25) is 35.4 Å². The standard InChI is InChI=1S/C65H84N10O10S/c1-37(66-8)56(77)72-54(64(3,4)5)62(83)75-35-46(33-52(75)61(82)71-50-24-16-20-40-18-12-14-22-48(40)50)69-59(80)42-27-25-41(26-28-42)58(79)68-45-30-29-43-32-51(60(81)70-49-23-15-19-39-17-11-13-21-47(39)49)74(34-44(43)31-45)63(84)55(73-57(78)38(2)67-9)65(6,7)86-36-53(76)85-10/h11-14,17-18,21-22,25-31,37-38,46,49-52,54-55,66-67H,15-16,19-20,23-24,32-36H2,1-10H3,(H,68,79)(H,69,80)(H,70,81)(H,71,82)(H,72,77)(H,73,78)/t37-,38-,46-,49+,50+,51-,52-,54?,55+/m0/s1. The zero-order valence-corrected chi connectivity index (χ0v) is 51.8. The number of ether oxygens (including phenoxy) is 1. The average Bonchev–Trinajstić information content (AvgIpc) is 3.16. The number of benzene rings is 4. The first-order chi connectivity index (χ1) is 40.9. The van der Waals surface area contributed by atoms with Gasteiger partial charge in [-0.3, -0.25) is 43.2 Å². The molecule has 8 N–H and O–H groups in total. The summed E-state index contributed by atoms with van der Waals surface area (Å²) in [4.78, 5) is 129. The van der Waals surface area contributed by atoms with E-state index in [9.17, 15) is 38.4 Å². The van der Waals surface area contributed by atoms with Crippen LogP contribution in [0.3, 0.4) is 0 Å². The fraction of sp³-hybridized carbons (Fsp3) is 0.492. The molecule has 0 aromatic heterocycles. The van der Waals surface area contributed by atoms with Crippen LogP contribution in [0.2, 0.25) is 0 Å². The van der Waals surface area contributed by atoms with E-state index in [1.54, 1.807) is 53.9 Å². The van der Waals surface area contributed by atoms with Crippen molar-refractivity contribution >= 4 is 70.7 Å². The SMILES string of the molecule is CN[C@@H](C)C(=O)NC(C(=O)N1C[C@@H](NC(=O)c2ccc(C(=O)Nc3ccc4c(c3)CN(C(=O)[C@@H](NC(=O)[C@H](C)NC)C(C)(C)SCC(=O)OC)[C@H](C(=O)N[C@@H]3CCCc5ccccc53)C4)cc2)C[C@H]1C(=O)N[C@@H]1CCCc2ccccc21)C(C)(C)C. The molecule has 0 spiro atoms. The third kappa shape index (κ3) is 15.1. The fourth-order valence-electron chi connectivity index (χ4n) is 11.8. The number of hydrogen-bond acceptors (Lipinski definition) is 13. The Morgan fingerprint density at radius 3 is 1.69 bits per heavy atom. The van der Waals surface area contributed by atoms with Gasteiger partial charge in [0.1, 0.15) is 24.2 Å². The Morgan fingerprint density at radius 2 is 1.14 bits per heavy atom. The van der Waals surface area contributed by atoms with Crippen LogP contribution in [-0.2, 0) is 64.1 Å². The Balaban J connectivity index is 0.993. The van der Waals surface area contributed by atoms with Gasteiger partial charge in [-0.05, 0) is 162 Å². The van der Waals surface area contributed by atoms with E-state index < -0.39 is 88.0 Å². The summed E-state index contributed by atoms with van der Waals surface area (Å²) in [6, 6.07) is 20.8. The number of esters is 1. The number of aryl methyl sites for hydroxylation is 2. The molecule has 0 bridgehead atoms. The summed E-state index contributed by atoms with van der Waals surface area (Å²) in [5, 5.41) is 24.1. The molecule has 86 heavy (non-hydrogen) atoms. The van der Waals surface area contributed by atoms with Gasteiger partial charge < -0.3 is 57.1 Å². The van der Waals surface area contributed by atoms with Crippen LogP contribution in [0.25, 0.3) is 0 Å². The van der Waals surface area contributed by atoms with Crippen molar-refractivity contribution in [2.75, 3.05) is 38.8 Å². The van der Waals surface area contributed by atoms with E-state index in [0.717, 1.165) is 78.1 Å². The number of nitrogens with one attached hydrogen (secondary N) is 8. The molecule has 460 valence electrons. The predicted molar refractivity (Wildman–Crippen MR) is 330 cm³/mol. The molecule has 2 aliphatic carbocycles. The third-order valence-corrected chi connectivity index (χ3v) is 18.6. The van der Waals surface area contributed by atoms with Gasteiger partial charge in [-0.2, -0.15) is 0 Å². The van der Waals surface area contributed by atoms with Gasteiger partial charge in [0.15, 0.2) is 0 Å². The Morgan fingerprint density at radius 1 is 0.616 bits per heavy atom. The van der Waals surface area contributed by atoms with E-state index in [1.165, 1.54) is 41.2 Å². The predicted octanol–water partition coefficient (Wildman–Crippen LogP) is 5.20. The zero-order valence-electron chi connectivity index (χ0n) is 51.0. The number of carbonyl (C=O) groups excluding carboxylic acids is 9. The molecule has 0 saturated carbocycles. The number of nitrogens with zero attached hydrogens (tertiary/aromatic N) is 2. The van der Waals surface area contributed by atoms with Gasteiger partial charge >= 0.3 is 5.97 Å². The number of carbonyl (C=O) groups is 9. The topological polar surface area (TPSA) is 266 Å². The lowest BCUT2D eigenvalue weighted by Gasteiger charge is -2.42. The number of likely N-dealkylation sites (tertiary alicyclic amines) is 1. The van der Waals surface area contributed by atoms with E-state index in [1.807, 2.05) is 63.2 Å². The van der Waals surface area contributed by atoms with E-state index in [2.05, 4.69) is 54.7 Å². The summed E-state index contributed by atoms with van der Waals surface area (Å²) in [6.45, 7) is 12.4. The van der Waals surface area contributed by atoms with E-state index in [4.69, 9.17) is 4.74 Å². The molecule has 9 atom stereocenters. The molecule has 1 unspecified atom stereocenters. The highest BCUT2D eigenvalue weighted by atomic mass is 32.2. The Hall–Kier alpha value is -7.62. The quantitative estimate of drug-likeness (QED) is 0.0530. The van der Waals surface area contributed by atoms with Crippen LogP contribution in [0, 0.1) is 5.41 Å². The summed E-state index contributed by atoms with van der Waals surface area (Å²) < 4.78 is 3.84. The second kappa shape index (κ2) is 27.8. The molecule has 2 aliphatic heterocycles. The van der Waals surface area contributed by atoms with Gasteiger partial charge in [0, 0.05) is 47.1 Å². The highest BCUT2D eigenvalue weighted by Gasteiger charge is 2.48. The third-order valence-electron chi connectivity index (χ3n) is 17.3. The number of hydrogen-bond donors (Lipinski definition) is 8. The van der Waals surface area contributed by atoms with Crippen LogP contribution >= 0.6 is 11.8 Å². The second-order valence-corrected chi connectivity index (χ2v) is 26.3. The van der Waals surface area contributed by atoms with Gasteiger partial charge in [-0.15, -0.1) is 11.8 Å². The Bertz CT molecular complexity index is 3200. The maximum atomic E-state index is 15.3. The van der Waals surface area contributed by atoms with Crippen molar-refractivity contribution in [3.05, 3.63) is 136 Å². The van der Waals surface area contributed by atoms with Gasteiger partial charge in [-0.25, -0.2) is 0 Å². The van der Waals surface area contributed by atoms with Crippen molar-refractivity contribution in [2.45, 2.75) is 166 Å². The Kier molecular flexibility index (Phi) is 20.8. The fourth-order valence-corrected chi connectivity index (χ4v) is 12.8. The summed E-state index contributed by atoms with van der Waals surface area (Å²) >= 11 is 1.15. The summed E-state index contributed by atoms with van der Waals surface area (Å²) in [5.74, 6) is -4.07. The smallest absolute Gasteiger partial charge is 0.315 e. The number of methoxy groups -OCH3 is 1. The molecule has 0 radical (unpaired) electrons. The number of likely N-dealkylation sites (N-methyl/N-ethyl adjacent to an activating group) is 2. The van der Waals surface area contributed by atoms with Gasteiger partial charge in [-0.1, -0.05) is 75.4 Å². The van der Waals surface area contributed by atoms with Crippen LogP contribution in [0.4, 0.5) is 5.69 Å². The molecule has 4 aliphatic rings. The largest absolute Gasteiger partial charge is 0.468 e. The molecule has 4 aromatic rings. The monoisotopic (exact) mass is 1200 g/mol. The lowest BCUT2D eigenvalue weighted by molar-refractivity contribution is -0.145. The van der Waals surface area contributed by atoms with Crippen molar-refractivity contribution in [1.82, 2.24) is 47.0 Å². The molecule has 1 saturated heterocycles. The van der Waals surface area contributed by atoms with Gasteiger partial charge in [0.05, 0.1) is 37.0 Å². The number of amides is 8. The summed E-state index contributed by atoms with van der Waals surface area (Å²) in [7, 11) is 4.55. The molecule has 4 aromatic carbocycles. The lowest BCUT2D eigenvalue weighted by Crippen LogP contribution is -2.63. The molecule has 20 nitrogen and oxygen atoms in total. The number of rotatable bonds is 20. The molecular formula is C65H84N10O10S. The van der Waals surface area contributed by atoms with Crippen LogP contribution in [0.1, 0.15) is 147 Å². The average molecular weight is 1200 g/mol. The highest BCUT2D eigenvalue weighted by molar-refractivity contribution is 8.01. The van der Waals surface area contributed by atoms with Crippen LogP contribution in [-0.4, -0.2) is 144 Å². The van der Waals surface area contributed by atoms with Crippen molar-refractivity contribution in [2.24, 2.45) is 5.41 Å². The minimum absolute atomic E-state index is 0.00562. The second-order valence-electron chi connectivity index (χ2n) is 24.7. The van der Waals surface area contributed by atoms with Crippen molar-refractivity contribution in [1.29, 1.82) is 0 Å². The molecular weight excluding hydrogens is 1110 g/mol. The van der Waals surface area contributed by atoms with E-state index >= 15 is 4.79 Å². The first-order valence-corrected chi connectivity index (χ1v) is 30.8. The molecule has 21 heteroatoms. The number of fused-ring (bicyclic) bond motifs is 3. The normalized spacial score (nSPS) is 20.5. The number of thioether (sulfide) groups is 1. The van der Waals surface area contributed by atoms with Crippen LogP contribution in [0.15, 0.2) is 91.0 Å². The molecule has 8 rings (SSSR count). The first-order valence-electron chi connectivity index (χ1n) is 29.8. The molecule has 1 fully saturated rings. The van der Waals surface area contributed by atoms with Crippen LogP contribution in [0.5, 0.6) is 0 Å². The van der Waals surface area contributed by atoms with E-state index in [0.29, 0.717) is 11.3 Å². The minimum Gasteiger partial charge on any atom is -0.468 e. The molecule has 2 heterocycles.